The van der Waals surface area contributed by atoms with E-state index in [0.717, 1.165) is 17.8 Å². The molecule has 0 aliphatic heterocycles. The molecule has 20 heavy (non-hydrogen) atoms. The maximum absolute atomic E-state index is 5.74. The fourth-order valence-corrected chi connectivity index (χ4v) is 2.72. The van der Waals surface area contributed by atoms with E-state index in [1.165, 1.54) is 22.4 Å². The van der Waals surface area contributed by atoms with Crippen LogP contribution in [0.25, 0.3) is 16.9 Å². The minimum Gasteiger partial charge on any atom is -0.330 e. The Hall–Kier alpha value is -2.13. The molecule has 102 valence electrons. The SMILES string of the molecule is Cc1ccc(-c2c(CCN)nc3ccccn23)c(C)c1. The largest absolute Gasteiger partial charge is 0.330 e. The molecular formula is C17H19N3. The van der Waals surface area contributed by atoms with Crippen LogP contribution in [0.2, 0.25) is 0 Å². The van der Waals surface area contributed by atoms with Crippen molar-refractivity contribution >= 4 is 5.65 Å². The van der Waals surface area contributed by atoms with E-state index in [1.807, 2.05) is 18.2 Å². The van der Waals surface area contributed by atoms with Gasteiger partial charge in [-0.1, -0.05) is 29.8 Å². The molecule has 2 heterocycles. The molecule has 0 saturated heterocycles. The normalized spacial score (nSPS) is 11.2. The van der Waals surface area contributed by atoms with Crippen LogP contribution in [-0.2, 0) is 6.42 Å². The summed E-state index contributed by atoms with van der Waals surface area (Å²) in [6.07, 6.45) is 2.86. The van der Waals surface area contributed by atoms with Gasteiger partial charge in [-0.25, -0.2) is 4.98 Å². The molecule has 0 unspecified atom stereocenters. The van der Waals surface area contributed by atoms with Gasteiger partial charge in [-0.15, -0.1) is 0 Å². The van der Waals surface area contributed by atoms with Crippen LogP contribution in [0.4, 0.5) is 0 Å². The Kier molecular flexibility index (Phi) is 3.28. The topological polar surface area (TPSA) is 43.3 Å². The van der Waals surface area contributed by atoms with Crippen molar-refractivity contribution in [3.8, 4) is 11.3 Å². The highest BCUT2D eigenvalue weighted by Gasteiger charge is 2.14. The summed E-state index contributed by atoms with van der Waals surface area (Å²) in [4.78, 5) is 4.73. The molecule has 1 aromatic carbocycles. The van der Waals surface area contributed by atoms with Gasteiger partial charge in [0.25, 0.3) is 0 Å². The number of nitrogens with zero attached hydrogens (tertiary/aromatic N) is 2. The van der Waals surface area contributed by atoms with Gasteiger partial charge in [0.2, 0.25) is 0 Å². The van der Waals surface area contributed by atoms with Crippen LogP contribution in [0, 0.1) is 13.8 Å². The maximum atomic E-state index is 5.74. The zero-order chi connectivity index (χ0) is 14.1. The first kappa shape index (κ1) is 12.9. The number of benzene rings is 1. The lowest BCUT2D eigenvalue weighted by Crippen LogP contribution is -2.04. The second kappa shape index (κ2) is 5.10. The minimum absolute atomic E-state index is 0.613. The van der Waals surface area contributed by atoms with E-state index in [9.17, 15) is 0 Å². The summed E-state index contributed by atoms with van der Waals surface area (Å²) in [5, 5.41) is 0. The smallest absolute Gasteiger partial charge is 0.137 e. The molecular weight excluding hydrogens is 246 g/mol. The van der Waals surface area contributed by atoms with Crippen LogP contribution in [0.3, 0.4) is 0 Å². The van der Waals surface area contributed by atoms with Crippen molar-refractivity contribution in [3.63, 3.8) is 0 Å². The summed E-state index contributed by atoms with van der Waals surface area (Å²) in [7, 11) is 0. The zero-order valence-corrected chi connectivity index (χ0v) is 11.9. The highest BCUT2D eigenvalue weighted by atomic mass is 15.0. The van der Waals surface area contributed by atoms with Crippen LogP contribution >= 0.6 is 0 Å². The number of pyridine rings is 1. The molecule has 0 atom stereocenters. The van der Waals surface area contributed by atoms with Gasteiger partial charge >= 0.3 is 0 Å². The van der Waals surface area contributed by atoms with Gasteiger partial charge in [-0.05, 0) is 38.1 Å². The second-order valence-corrected chi connectivity index (χ2v) is 5.19. The number of aromatic nitrogens is 2. The van der Waals surface area contributed by atoms with Gasteiger partial charge in [0, 0.05) is 18.2 Å². The van der Waals surface area contributed by atoms with Crippen molar-refractivity contribution in [3.05, 3.63) is 59.4 Å². The van der Waals surface area contributed by atoms with Crippen LogP contribution in [-0.4, -0.2) is 15.9 Å². The molecule has 3 rings (SSSR count). The fourth-order valence-electron chi connectivity index (χ4n) is 2.72. The number of hydrogen-bond acceptors (Lipinski definition) is 2. The van der Waals surface area contributed by atoms with Crippen LogP contribution in [0.5, 0.6) is 0 Å². The Morgan fingerprint density at radius 3 is 2.75 bits per heavy atom. The third kappa shape index (κ3) is 2.10. The Bertz CT molecular complexity index is 756. The average molecular weight is 265 g/mol. The summed E-state index contributed by atoms with van der Waals surface area (Å²) < 4.78 is 2.16. The van der Waals surface area contributed by atoms with E-state index in [-0.39, 0.29) is 0 Å². The number of hydrogen-bond donors (Lipinski definition) is 1. The predicted molar refractivity (Wildman–Crippen MR) is 82.9 cm³/mol. The van der Waals surface area contributed by atoms with Crippen LogP contribution in [0.15, 0.2) is 42.6 Å². The number of imidazole rings is 1. The van der Waals surface area contributed by atoms with Crippen molar-refractivity contribution in [2.75, 3.05) is 6.54 Å². The fraction of sp³-hybridized carbons (Fsp3) is 0.235. The number of fused-ring (bicyclic) bond motifs is 1. The third-order valence-corrected chi connectivity index (χ3v) is 3.62. The Balaban J connectivity index is 2.30. The van der Waals surface area contributed by atoms with E-state index >= 15 is 0 Å². The first-order valence-corrected chi connectivity index (χ1v) is 6.94. The molecule has 2 N–H and O–H groups in total. The molecule has 3 aromatic rings. The molecule has 0 radical (unpaired) electrons. The zero-order valence-electron chi connectivity index (χ0n) is 11.9. The van der Waals surface area contributed by atoms with Crippen molar-refractivity contribution in [2.24, 2.45) is 5.73 Å². The first-order chi connectivity index (χ1) is 9.70. The van der Waals surface area contributed by atoms with Crippen molar-refractivity contribution in [1.82, 2.24) is 9.38 Å². The van der Waals surface area contributed by atoms with Gasteiger partial charge < -0.3 is 5.73 Å². The van der Waals surface area contributed by atoms with E-state index in [4.69, 9.17) is 10.7 Å². The second-order valence-electron chi connectivity index (χ2n) is 5.19. The highest BCUT2D eigenvalue weighted by molar-refractivity contribution is 5.70. The van der Waals surface area contributed by atoms with Gasteiger partial charge in [0.15, 0.2) is 0 Å². The lowest BCUT2D eigenvalue weighted by molar-refractivity contribution is 0.939. The van der Waals surface area contributed by atoms with Gasteiger partial charge in [-0.3, -0.25) is 4.40 Å². The number of nitrogens with two attached hydrogens (primary N) is 1. The van der Waals surface area contributed by atoms with Gasteiger partial charge in [0.1, 0.15) is 5.65 Å². The quantitative estimate of drug-likeness (QED) is 0.790. The molecule has 0 aliphatic rings. The number of aryl methyl sites for hydroxylation is 2. The van der Waals surface area contributed by atoms with E-state index in [0.29, 0.717) is 6.54 Å². The molecule has 2 aromatic heterocycles. The summed E-state index contributed by atoms with van der Waals surface area (Å²) in [6, 6.07) is 12.6. The Labute approximate surface area is 119 Å². The van der Waals surface area contributed by atoms with Crippen molar-refractivity contribution in [1.29, 1.82) is 0 Å². The van der Waals surface area contributed by atoms with E-state index in [2.05, 4.69) is 42.6 Å². The lowest BCUT2D eigenvalue weighted by Gasteiger charge is -2.09. The minimum atomic E-state index is 0.613. The van der Waals surface area contributed by atoms with Gasteiger partial charge in [-0.2, -0.15) is 0 Å². The molecule has 0 fully saturated rings. The molecule has 0 saturated carbocycles. The van der Waals surface area contributed by atoms with Gasteiger partial charge in [0.05, 0.1) is 11.4 Å². The maximum Gasteiger partial charge on any atom is 0.137 e. The standard InChI is InChI=1S/C17H19N3/c1-12-6-7-14(13(2)11-12)17-15(8-9-18)19-16-5-3-4-10-20(16)17/h3-7,10-11H,8-9,18H2,1-2H3. The van der Waals surface area contributed by atoms with Crippen LogP contribution < -0.4 is 5.73 Å². The molecule has 0 aliphatic carbocycles. The summed E-state index contributed by atoms with van der Waals surface area (Å²) in [5.41, 5.74) is 12.7. The summed E-state index contributed by atoms with van der Waals surface area (Å²) in [6.45, 7) is 4.88. The van der Waals surface area contributed by atoms with Crippen LogP contribution in [0.1, 0.15) is 16.8 Å². The molecule has 0 spiro atoms. The molecule has 0 bridgehead atoms. The Morgan fingerprint density at radius 2 is 2.00 bits per heavy atom. The third-order valence-electron chi connectivity index (χ3n) is 3.62. The predicted octanol–water partition coefficient (Wildman–Crippen LogP) is 3.12. The molecule has 3 nitrogen and oxygen atoms in total. The summed E-state index contributed by atoms with van der Waals surface area (Å²) in [5.74, 6) is 0. The van der Waals surface area contributed by atoms with E-state index < -0.39 is 0 Å². The number of rotatable bonds is 3. The highest BCUT2D eigenvalue weighted by Crippen LogP contribution is 2.28. The molecule has 0 amide bonds. The summed E-state index contributed by atoms with van der Waals surface area (Å²) >= 11 is 0. The lowest BCUT2D eigenvalue weighted by atomic mass is 10.0. The van der Waals surface area contributed by atoms with E-state index in [1.54, 1.807) is 0 Å². The first-order valence-electron chi connectivity index (χ1n) is 6.94. The molecule has 3 heteroatoms. The Morgan fingerprint density at radius 1 is 1.15 bits per heavy atom. The average Bonchev–Trinajstić information content (AvgIpc) is 2.78. The van der Waals surface area contributed by atoms with Crippen molar-refractivity contribution < 1.29 is 0 Å². The van der Waals surface area contributed by atoms with Crippen molar-refractivity contribution in [2.45, 2.75) is 20.3 Å². The monoisotopic (exact) mass is 265 g/mol.